The molecule has 34 heavy (non-hydrogen) atoms. The van der Waals surface area contributed by atoms with Crippen molar-refractivity contribution in [2.75, 3.05) is 6.61 Å². The lowest BCUT2D eigenvalue weighted by molar-refractivity contribution is 0.210. The van der Waals surface area contributed by atoms with Crippen molar-refractivity contribution in [3.8, 4) is 16.9 Å². The van der Waals surface area contributed by atoms with E-state index in [1.54, 1.807) is 6.07 Å². The molecular formula is C28H30N2O3S. The first-order valence-corrected chi connectivity index (χ1v) is 13.9. The fourth-order valence-corrected chi connectivity index (χ4v) is 7.00. The van der Waals surface area contributed by atoms with E-state index in [2.05, 4.69) is 22.1 Å². The summed E-state index contributed by atoms with van der Waals surface area (Å²) in [6.45, 7) is 2.77. The van der Waals surface area contributed by atoms with Crippen LogP contribution in [0.4, 0.5) is 0 Å². The first-order valence-electron chi connectivity index (χ1n) is 12.4. The Morgan fingerprint density at radius 3 is 2.65 bits per heavy atom. The summed E-state index contributed by atoms with van der Waals surface area (Å²) in [4.78, 5) is 8.53. The number of rotatable bonds is 6. The van der Waals surface area contributed by atoms with Gasteiger partial charge in [-0.3, -0.25) is 0 Å². The largest absolute Gasteiger partial charge is 0.491 e. The highest BCUT2D eigenvalue weighted by molar-refractivity contribution is 7.92. The van der Waals surface area contributed by atoms with E-state index >= 15 is 0 Å². The second kappa shape index (κ2) is 8.42. The van der Waals surface area contributed by atoms with Crippen LogP contribution < -0.4 is 4.74 Å². The number of sulfone groups is 1. The van der Waals surface area contributed by atoms with Crippen LogP contribution in [0.15, 0.2) is 53.6 Å². The van der Waals surface area contributed by atoms with Crippen molar-refractivity contribution in [3.63, 3.8) is 0 Å². The summed E-state index contributed by atoms with van der Waals surface area (Å²) in [6, 6.07) is 13.6. The van der Waals surface area contributed by atoms with E-state index in [0.717, 1.165) is 63.8 Å². The number of aromatic amines is 1. The fraction of sp³-hybridized carbons (Fsp3) is 0.393. The molecule has 2 saturated carbocycles. The van der Waals surface area contributed by atoms with Gasteiger partial charge in [0, 0.05) is 17.0 Å². The number of H-pyrrole nitrogens is 1. The number of aryl methyl sites for hydroxylation is 1. The number of benzene rings is 2. The minimum absolute atomic E-state index is 0.224. The number of nitrogens with one attached hydrogen (secondary N) is 1. The lowest BCUT2D eigenvalue weighted by Gasteiger charge is -2.22. The van der Waals surface area contributed by atoms with Gasteiger partial charge in [-0.1, -0.05) is 31.4 Å². The summed E-state index contributed by atoms with van der Waals surface area (Å²) < 4.78 is 32.2. The van der Waals surface area contributed by atoms with Crippen molar-refractivity contribution in [1.29, 1.82) is 0 Å². The monoisotopic (exact) mass is 474 g/mol. The zero-order valence-electron chi connectivity index (χ0n) is 19.5. The molecule has 0 atom stereocenters. The van der Waals surface area contributed by atoms with Crippen LogP contribution in [-0.4, -0.2) is 30.2 Å². The molecule has 2 aliphatic rings. The van der Waals surface area contributed by atoms with Crippen molar-refractivity contribution >= 4 is 31.8 Å². The molecule has 176 valence electrons. The van der Waals surface area contributed by atoms with Gasteiger partial charge in [-0.2, -0.15) is 0 Å². The second-order valence-corrected chi connectivity index (χ2v) is 12.2. The average molecular weight is 475 g/mol. The van der Waals surface area contributed by atoms with Crippen molar-refractivity contribution in [2.45, 2.75) is 62.0 Å². The van der Waals surface area contributed by atoms with Gasteiger partial charge in [0.25, 0.3) is 0 Å². The highest BCUT2D eigenvalue weighted by Crippen LogP contribution is 2.41. The van der Waals surface area contributed by atoms with Crippen molar-refractivity contribution in [3.05, 3.63) is 54.2 Å². The molecule has 2 heterocycles. The van der Waals surface area contributed by atoms with Crippen LogP contribution in [0.25, 0.3) is 33.1 Å². The van der Waals surface area contributed by atoms with E-state index in [9.17, 15) is 8.42 Å². The van der Waals surface area contributed by atoms with Crippen LogP contribution in [-0.2, 0) is 9.84 Å². The summed E-state index contributed by atoms with van der Waals surface area (Å²) >= 11 is 0. The molecule has 2 aromatic heterocycles. The fourth-order valence-electron chi connectivity index (χ4n) is 5.30. The van der Waals surface area contributed by atoms with Gasteiger partial charge in [0.15, 0.2) is 9.84 Å². The summed E-state index contributed by atoms with van der Waals surface area (Å²) in [5.41, 5.74) is 4.71. The predicted octanol–water partition coefficient (Wildman–Crippen LogP) is 6.59. The topological polar surface area (TPSA) is 72.0 Å². The minimum Gasteiger partial charge on any atom is -0.491 e. The van der Waals surface area contributed by atoms with Gasteiger partial charge in [0.05, 0.1) is 22.3 Å². The summed E-state index contributed by atoms with van der Waals surface area (Å²) in [5, 5.41) is 1.84. The third-order valence-corrected chi connectivity index (χ3v) is 9.60. The normalized spacial score (nSPS) is 17.4. The van der Waals surface area contributed by atoms with Crippen molar-refractivity contribution in [2.24, 2.45) is 5.92 Å². The molecule has 5 nitrogen and oxygen atoms in total. The van der Waals surface area contributed by atoms with Crippen LogP contribution in [0.1, 0.15) is 50.5 Å². The third kappa shape index (κ3) is 3.88. The number of fused-ring (bicyclic) bond motifs is 3. The van der Waals surface area contributed by atoms with Crippen molar-refractivity contribution in [1.82, 2.24) is 9.97 Å². The van der Waals surface area contributed by atoms with E-state index in [-0.39, 0.29) is 5.25 Å². The molecule has 6 heteroatoms. The number of aromatic nitrogens is 2. The predicted molar refractivity (Wildman–Crippen MR) is 136 cm³/mol. The molecule has 4 aromatic rings. The van der Waals surface area contributed by atoms with Crippen LogP contribution in [0, 0.1) is 12.8 Å². The summed E-state index contributed by atoms with van der Waals surface area (Å²) in [7, 11) is -3.26. The second-order valence-electron chi connectivity index (χ2n) is 9.98. The Labute approximate surface area is 200 Å². The molecule has 0 spiro atoms. The first-order chi connectivity index (χ1) is 16.5. The molecule has 0 amide bonds. The molecular weight excluding hydrogens is 444 g/mol. The van der Waals surface area contributed by atoms with Gasteiger partial charge in [0.1, 0.15) is 11.4 Å². The van der Waals surface area contributed by atoms with E-state index in [4.69, 9.17) is 4.74 Å². The molecule has 0 bridgehead atoms. The van der Waals surface area contributed by atoms with Gasteiger partial charge in [-0.05, 0) is 85.5 Å². The maximum Gasteiger partial charge on any atom is 0.181 e. The quantitative estimate of drug-likeness (QED) is 0.342. The Bertz CT molecular complexity index is 1480. The van der Waals surface area contributed by atoms with Gasteiger partial charge >= 0.3 is 0 Å². The first kappa shape index (κ1) is 21.7. The van der Waals surface area contributed by atoms with Crippen molar-refractivity contribution < 1.29 is 13.2 Å². The minimum atomic E-state index is -3.26. The molecule has 0 unspecified atom stereocenters. The molecule has 0 saturated heterocycles. The van der Waals surface area contributed by atoms with Gasteiger partial charge in [0.2, 0.25) is 0 Å². The average Bonchev–Trinajstić information content (AvgIpc) is 3.66. The molecule has 0 radical (unpaired) electrons. The smallest absolute Gasteiger partial charge is 0.181 e. The number of nitrogens with zero attached hydrogens (tertiary/aromatic N) is 1. The van der Waals surface area contributed by atoms with E-state index in [1.165, 1.54) is 32.1 Å². The van der Waals surface area contributed by atoms with Gasteiger partial charge < -0.3 is 9.72 Å². The van der Waals surface area contributed by atoms with Gasteiger partial charge in [-0.15, -0.1) is 0 Å². The third-order valence-electron chi connectivity index (χ3n) is 7.34. The highest BCUT2D eigenvalue weighted by atomic mass is 32.2. The Morgan fingerprint density at radius 1 is 1.03 bits per heavy atom. The van der Waals surface area contributed by atoms with E-state index < -0.39 is 9.84 Å². The maximum atomic E-state index is 12.9. The zero-order chi connectivity index (χ0) is 23.3. The molecule has 6 rings (SSSR count). The lowest BCUT2D eigenvalue weighted by atomic mass is 9.90. The maximum absolute atomic E-state index is 12.9. The van der Waals surface area contributed by atoms with Crippen LogP contribution in [0.5, 0.6) is 5.75 Å². The van der Waals surface area contributed by atoms with E-state index in [1.807, 2.05) is 37.4 Å². The Kier molecular flexibility index (Phi) is 5.36. The lowest BCUT2D eigenvalue weighted by Crippen LogP contribution is -2.15. The number of hydrogen-bond acceptors (Lipinski definition) is 4. The summed E-state index contributed by atoms with van der Waals surface area (Å²) in [5.74, 6) is 1.44. The SMILES string of the molecule is Cc1cnc2[nH]c3c(OCC4CCCCC4)ccc(-c4cccc(S(=O)(=O)C5CC5)c4)c3c2c1. The standard InChI is InChI=1S/C28H30N2O3S/c1-18-14-24-26-23(20-8-5-9-22(15-20)34(31,32)21-10-11-21)12-13-25(27(26)30-28(24)29-16-18)33-17-19-6-3-2-4-7-19/h5,8-9,12-16,19,21H,2-4,6-7,10-11,17H2,1H3,(H,29,30). The number of ether oxygens (including phenoxy) is 1. The summed E-state index contributed by atoms with van der Waals surface area (Å²) in [6.07, 6.45) is 9.76. The molecule has 1 N–H and O–H groups in total. The molecule has 2 fully saturated rings. The number of pyridine rings is 1. The van der Waals surface area contributed by atoms with Gasteiger partial charge in [-0.25, -0.2) is 13.4 Å². The van der Waals surface area contributed by atoms with Crippen LogP contribution in [0.2, 0.25) is 0 Å². The van der Waals surface area contributed by atoms with E-state index in [0.29, 0.717) is 10.8 Å². The Hall–Kier alpha value is -2.86. The zero-order valence-corrected chi connectivity index (χ0v) is 20.3. The highest BCUT2D eigenvalue weighted by Gasteiger charge is 2.37. The molecule has 2 aromatic carbocycles. The molecule has 2 aliphatic carbocycles. The van der Waals surface area contributed by atoms with Crippen LogP contribution >= 0.6 is 0 Å². The van der Waals surface area contributed by atoms with Crippen LogP contribution in [0.3, 0.4) is 0 Å². The Balaban J connectivity index is 1.47. The Morgan fingerprint density at radius 2 is 1.85 bits per heavy atom. The number of hydrogen-bond donors (Lipinski definition) is 1. The molecule has 0 aliphatic heterocycles.